The highest BCUT2D eigenvalue weighted by atomic mass is 16.4. The molecule has 25 heavy (non-hydrogen) atoms. The van der Waals surface area contributed by atoms with E-state index in [0.29, 0.717) is 18.0 Å². The van der Waals surface area contributed by atoms with Crippen molar-refractivity contribution in [3.05, 3.63) is 52.8 Å². The highest BCUT2D eigenvalue weighted by molar-refractivity contribution is 5.89. The Labute approximate surface area is 146 Å². The molecular formula is C19H23N3O3. The zero-order valence-electron chi connectivity index (χ0n) is 14.1. The molecule has 0 bridgehead atoms. The fraction of sp³-hybridized carbons (Fsp3) is 0.474. The molecule has 132 valence electrons. The first kappa shape index (κ1) is 16.3. The number of nitrogens with zero attached hydrogens (tertiary/aromatic N) is 3. The molecule has 1 fully saturated rings. The van der Waals surface area contributed by atoms with Gasteiger partial charge in [0.05, 0.1) is 17.0 Å². The van der Waals surface area contributed by atoms with Gasteiger partial charge in [-0.05, 0) is 42.9 Å². The van der Waals surface area contributed by atoms with Gasteiger partial charge in [0.1, 0.15) is 6.10 Å². The molecule has 1 aromatic carbocycles. The Bertz CT molecular complexity index is 782. The summed E-state index contributed by atoms with van der Waals surface area (Å²) in [6.07, 6.45) is 2.69. The van der Waals surface area contributed by atoms with Crippen LogP contribution in [0.4, 0.5) is 0 Å². The number of aliphatic hydroxyl groups excluding tert-OH is 1. The fourth-order valence-corrected chi connectivity index (χ4v) is 3.59. The predicted molar refractivity (Wildman–Crippen MR) is 92.0 cm³/mol. The molecule has 2 N–H and O–H groups in total. The number of aromatic nitrogens is 2. The van der Waals surface area contributed by atoms with Crippen molar-refractivity contribution in [2.45, 2.75) is 45.0 Å². The van der Waals surface area contributed by atoms with Crippen molar-refractivity contribution < 1.29 is 15.0 Å². The number of benzene rings is 1. The molecular weight excluding hydrogens is 318 g/mol. The first-order valence-electron chi connectivity index (χ1n) is 8.90. The molecule has 1 aliphatic heterocycles. The lowest BCUT2D eigenvalue weighted by molar-refractivity contribution is 0.0694. The average Bonchev–Trinajstić information content (AvgIpc) is 3.39. The summed E-state index contributed by atoms with van der Waals surface area (Å²) in [4.78, 5) is 13.7. The Kier molecular flexibility index (Phi) is 4.31. The predicted octanol–water partition coefficient (Wildman–Crippen LogP) is 2.43. The van der Waals surface area contributed by atoms with Gasteiger partial charge in [-0.3, -0.25) is 9.58 Å². The van der Waals surface area contributed by atoms with E-state index in [2.05, 4.69) is 10.00 Å². The normalized spacial score (nSPS) is 19.2. The minimum atomic E-state index is -0.884. The van der Waals surface area contributed by atoms with Gasteiger partial charge < -0.3 is 10.2 Å². The van der Waals surface area contributed by atoms with Crippen LogP contribution in [0.15, 0.2) is 30.3 Å². The minimum absolute atomic E-state index is 0.366. The van der Waals surface area contributed by atoms with Crippen LogP contribution in [0.3, 0.4) is 0 Å². The molecule has 2 heterocycles. The van der Waals surface area contributed by atoms with Crippen molar-refractivity contribution in [3.63, 3.8) is 0 Å². The monoisotopic (exact) mass is 341 g/mol. The highest BCUT2D eigenvalue weighted by Gasteiger charge is 2.33. The van der Waals surface area contributed by atoms with Gasteiger partial charge in [-0.1, -0.05) is 18.2 Å². The van der Waals surface area contributed by atoms with E-state index in [1.54, 1.807) is 12.1 Å². The molecule has 0 radical (unpaired) electrons. The van der Waals surface area contributed by atoms with Gasteiger partial charge in [0.25, 0.3) is 0 Å². The number of carboxylic acid groups (broad SMARTS) is 1. The third-order valence-corrected chi connectivity index (χ3v) is 5.13. The third-order valence-electron chi connectivity index (χ3n) is 5.13. The van der Waals surface area contributed by atoms with E-state index in [1.165, 1.54) is 0 Å². The van der Waals surface area contributed by atoms with Gasteiger partial charge in [-0.25, -0.2) is 4.79 Å². The SMILES string of the molecule is O=C(O)c1ccccc1CN1CCCn2nc([C@H](O)C3CC3)cc2C1. The Morgan fingerprint density at radius 3 is 2.84 bits per heavy atom. The second kappa shape index (κ2) is 6.61. The van der Waals surface area contributed by atoms with Gasteiger partial charge >= 0.3 is 5.97 Å². The first-order chi connectivity index (χ1) is 12.1. The maximum atomic E-state index is 11.4. The molecule has 0 saturated heterocycles. The molecule has 1 aromatic heterocycles. The highest BCUT2D eigenvalue weighted by Crippen LogP contribution is 2.40. The van der Waals surface area contributed by atoms with Gasteiger partial charge in [-0.15, -0.1) is 0 Å². The van der Waals surface area contributed by atoms with Gasteiger partial charge in [0.2, 0.25) is 0 Å². The molecule has 2 aliphatic rings. The second-order valence-electron chi connectivity index (χ2n) is 7.09. The van der Waals surface area contributed by atoms with Crippen molar-refractivity contribution in [3.8, 4) is 0 Å². The molecule has 1 aliphatic carbocycles. The lowest BCUT2D eigenvalue weighted by Gasteiger charge is -2.20. The molecule has 1 atom stereocenters. The van der Waals surface area contributed by atoms with Crippen LogP contribution in [0.2, 0.25) is 0 Å². The molecule has 4 rings (SSSR count). The van der Waals surface area contributed by atoms with Crippen LogP contribution in [0, 0.1) is 5.92 Å². The summed E-state index contributed by atoms with van der Waals surface area (Å²) in [6.45, 7) is 3.06. The maximum absolute atomic E-state index is 11.4. The number of hydrogen-bond acceptors (Lipinski definition) is 4. The second-order valence-corrected chi connectivity index (χ2v) is 7.09. The summed E-state index contributed by atoms with van der Waals surface area (Å²) >= 11 is 0. The van der Waals surface area contributed by atoms with Crippen LogP contribution < -0.4 is 0 Å². The Balaban J connectivity index is 1.52. The number of hydrogen-bond donors (Lipinski definition) is 2. The minimum Gasteiger partial charge on any atom is -0.478 e. The molecule has 0 unspecified atom stereocenters. The van der Waals surface area contributed by atoms with E-state index in [9.17, 15) is 15.0 Å². The zero-order chi connectivity index (χ0) is 17.4. The summed E-state index contributed by atoms with van der Waals surface area (Å²) in [5, 5.41) is 24.3. The lowest BCUT2D eigenvalue weighted by atomic mass is 10.1. The number of aryl methyl sites for hydroxylation is 1. The van der Waals surface area contributed by atoms with Crippen LogP contribution in [0.25, 0.3) is 0 Å². The first-order valence-corrected chi connectivity index (χ1v) is 8.90. The number of fused-ring (bicyclic) bond motifs is 1. The average molecular weight is 341 g/mol. The van der Waals surface area contributed by atoms with Crippen LogP contribution in [-0.2, 0) is 19.6 Å². The van der Waals surface area contributed by atoms with E-state index in [4.69, 9.17) is 0 Å². The number of rotatable bonds is 5. The molecule has 6 nitrogen and oxygen atoms in total. The summed E-state index contributed by atoms with van der Waals surface area (Å²) < 4.78 is 2.00. The molecule has 0 amide bonds. The quantitative estimate of drug-likeness (QED) is 0.873. The summed E-state index contributed by atoms with van der Waals surface area (Å²) in [7, 11) is 0. The molecule has 1 saturated carbocycles. The van der Waals surface area contributed by atoms with E-state index >= 15 is 0 Å². The smallest absolute Gasteiger partial charge is 0.336 e. The van der Waals surface area contributed by atoms with E-state index in [0.717, 1.165) is 55.8 Å². The fourth-order valence-electron chi connectivity index (χ4n) is 3.59. The Hall–Kier alpha value is -2.18. The van der Waals surface area contributed by atoms with Crippen LogP contribution in [-0.4, -0.2) is 37.4 Å². The largest absolute Gasteiger partial charge is 0.478 e. The summed E-state index contributed by atoms with van der Waals surface area (Å²) in [5.41, 5.74) is 3.08. The van der Waals surface area contributed by atoms with Crippen molar-refractivity contribution in [1.29, 1.82) is 0 Å². The van der Waals surface area contributed by atoms with Crippen LogP contribution in [0.5, 0.6) is 0 Å². The number of aliphatic hydroxyl groups is 1. The van der Waals surface area contributed by atoms with E-state index in [-0.39, 0.29) is 0 Å². The molecule has 2 aromatic rings. The van der Waals surface area contributed by atoms with Crippen LogP contribution >= 0.6 is 0 Å². The number of carbonyl (C=O) groups is 1. The Morgan fingerprint density at radius 2 is 2.08 bits per heavy atom. The maximum Gasteiger partial charge on any atom is 0.336 e. The lowest BCUT2D eigenvalue weighted by Crippen LogP contribution is -2.24. The van der Waals surface area contributed by atoms with Crippen molar-refractivity contribution >= 4 is 5.97 Å². The van der Waals surface area contributed by atoms with Crippen molar-refractivity contribution in [1.82, 2.24) is 14.7 Å². The third kappa shape index (κ3) is 3.45. The zero-order valence-corrected chi connectivity index (χ0v) is 14.1. The Morgan fingerprint density at radius 1 is 1.28 bits per heavy atom. The van der Waals surface area contributed by atoms with Crippen LogP contribution in [0.1, 0.15) is 52.7 Å². The standard InChI is InChI=1S/C19H23N3O3/c23-18(13-6-7-13)17-10-15-12-21(8-3-9-22(15)20-17)11-14-4-1-2-5-16(14)19(24)25/h1-2,4-5,10,13,18,23H,3,6-9,11-12H2,(H,24,25)/t18-/m1/s1. The van der Waals surface area contributed by atoms with Gasteiger partial charge in [0, 0.05) is 26.2 Å². The molecule has 6 heteroatoms. The van der Waals surface area contributed by atoms with E-state index in [1.807, 2.05) is 22.9 Å². The van der Waals surface area contributed by atoms with E-state index < -0.39 is 12.1 Å². The number of aromatic carboxylic acids is 1. The molecule has 0 spiro atoms. The summed E-state index contributed by atoms with van der Waals surface area (Å²) in [5.74, 6) is -0.511. The van der Waals surface area contributed by atoms with Gasteiger partial charge in [0.15, 0.2) is 0 Å². The van der Waals surface area contributed by atoms with Crippen molar-refractivity contribution in [2.75, 3.05) is 6.54 Å². The number of carboxylic acids is 1. The van der Waals surface area contributed by atoms with Crippen molar-refractivity contribution in [2.24, 2.45) is 5.92 Å². The summed E-state index contributed by atoms with van der Waals surface area (Å²) in [6, 6.07) is 9.20. The van der Waals surface area contributed by atoms with Gasteiger partial charge in [-0.2, -0.15) is 5.10 Å². The topological polar surface area (TPSA) is 78.6 Å².